The Balaban J connectivity index is 1.97. The van der Waals surface area contributed by atoms with Crippen molar-refractivity contribution in [2.75, 3.05) is 0 Å². The van der Waals surface area contributed by atoms with Gasteiger partial charge >= 0.3 is 0 Å². The molecule has 310 valence electrons. The molecule has 0 atom stereocenters. The lowest BCUT2D eigenvalue weighted by Crippen LogP contribution is -2.12. The topological polar surface area (TPSA) is 40.5 Å². The molecule has 0 radical (unpaired) electrons. The van der Waals surface area contributed by atoms with Crippen molar-refractivity contribution in [3.63, 3.8) is 0 Å². The Bertz CT molecular complexity index is 1160. The van der Waals surface area contributed by atoms with Crippen LogP contribution in [0.25, 0.3) is 0 Å². The molecule has 2 rings (SSSR count). The van der Waals surface area contributed by atoms with Crippen LogP contribution in [0.5, 0.6) is 11.5 Å². The molecule has 0 amide bonds. The maximum Gasteiger partial charge on any atom is 0.119 e. The van der Waals surface area contributed by atoms with E-state index in [9.17, 15) is 10.2 Å². The largest absolute Gasteiger partial charge is 0.508 e. The Morgan fingerprint density at radius 3 is 0.852 bits per heavy atom. The minimum absolute atomic E-state index is 0.130. The molecule has 0 aromatic heterocycles. The first-order chi connectivity index (χ1) is 25.9. The monoisotopic (exact) mass is 783 g/mol. The highest BCUT2D eigenvalue weighted by molar-refractivity contribution is 8.76. The van der Waals surface area contributed by atoms with Gasteiger partial charge < -0.3 is 10.2 Å². The highest BCUT2D eigenvalue weighted by Crippen LogP contribution is 2.47. The predicted octanol–water partition coefficient (Wildman–Crippen LogP) is 17.8. The van der Waals surface area contributed by atoms with Crippen LogP contribution in [0.2, 0.25) is 0 Å². The summed E-state index contributed by atoms with van der Waals surface area (Å²) in [4.78, 5) is 2.55. The van der Waals surface area contributed by atoms with Crippen LogP contribution in [0.15, 0.2) is 34.1 Å². The molecule has 0 bridgehead atoms. The second-order valence-electron chi connectivity index (χ2n) is 18.6. The Kier molecular flexibility index (Phi) is 25.5. The molecule has 2 N–H and O–H groups in total. The van der Waals surface area contributed by atoms with Gasteiger partial charge in [0.05, 0.1) is 0 Å². The number of phenols is 2. The van der Waals surface area contributed by atoms with E-state index >= 15 is 0 Å². The van der Waals surface area contributed by atoms with Crippen molar-refractivity contribution in [2.45, 2.75) is 256 Å². The lowest BCUT2D eigenvalue weighted by molar-refractivity contribution is 0.443. The van der Waals surface area contributed by atoms with Crippen molar-refractivity contribution in [3.8, 4) is 11.5 Å². The zero-order chi connectivity index (χ0) is 39.7. The average Bonchev–Trinajstić information content (AvgIpc) is 3.11. The molecule has 4 heteroatoms. The van der Waals surface area contributed by atoms with E-state index < -0.39 is 0 Å². The molecule has 0 heterocycles. The third-order valence-corrected chi connectivity index (χ3v) is 13.8. The van der Waals surface area contributed by atoms with E-state index in [4.69, 9.17) is 0 Å². The molecule has 0 aliphatic rings. The number of unbranched alkanes of at least 4 members (excludes halogenated alkanes) is 24. The lowest BCUT2D eigenvalue weighted by atomic mass is 9.85. The van der Waals surface area contributed by atoms with Crippen molar-refractivity contribution < 1.29 is 10.2 Å². The number of phenolic OH excluding ortho intramolecular Hbond substituents is 2. The number of hydrogen-bond acceptors (Lipinski definition) is 4. The van der Waals surface area contributed by atoms with E-state index in [1.807, 2.05) is 21.6 Å². The molecule has 2 aromatic carbocycles. The quantitative estimate of drug-likeness (QED) is 0.0590. The van der Waals surface area contributed by atoms with Crippen molar-refractivity contribution in [3.05, 3.63) is 46.5 Å². The molecule has 54 heavy (non-hydrogen) atoms. The number of aryl methyl sites for hydroxylation is 2. The Morgan fingerprint density at radius 1 is 0.370 bits per heavy atom. The van der Waals surface area contributed by atoms with Crippen LogP contribution in [-0.2, 0) is 23.7 Å². The molecular formula is C50H86O2S2. The van der Waals surface area contributed by atoms with E-state index in [1.165, 1.54) is 188 Å². The first kappa shape index (κ1) is 48.9. The van der Waals surface area contributed by atoms with E-state index in [0.29, 0.717) is 11.5 Å². The summed E-state index contributed by atoms with van der Waals surface area (Å²) in [6, 6.07) is 8.66. The molecule has 2 aromatic rings. The third-order valence-electron chi connectivity index (χ3n) is 11.3. The second-order valence-corrected chi connectivity index (χ2v) is 20.8. The summed E-state index contributed by atoms with van der Waals surface area (Å²) < 4.78 is 0. The molecule has 0 saturated carbocycles. The second kappa shape index (κ2) is 28.2. The standard InChI is InChI=1S/C50H86O2S2/c1-9-11-13-15-17-19-21-23-25-27-29-31-33-35-41-37-45(51)43(49(3,4)5)39-47(41)53-54-48-40-44(50(6,7)8)46(52)38-42(48)36-34-32-30-28-26-24-22-20-18-16-14-12-10-2/h37-40,51-52H,9-36H2,1-8H3. The molecule has 0 unspecified atom stereocenters. The van der Waals surface area contributed by atoms with Gasteiger partial charge in [0.1, 0.15) is 11.5 Å². The summed E-state index contributed by atoms with van der Waals surface area (Å²) in [6.45, 7) is 17.7. The molecule has 0 aliphatic carbocycles. The Morgan fingerprint density at radius 2 is 0.611 bits per heavy atom. The van der Waals surface area contributed by atoms with Gasteiger partial charge in [-0.15, -0.1) is 0 Å². The van der Waals surface area contributed by atoms with Gasteiger partial charge in [-0.25, -0.2) is 0 Å². The zero-order valence-electron chi connectivity index (χ0n) is 36.8. The molecule has 2 nitrogen and oxygen atoms in total. The molecular weight excluding hydrogens is 697 g/mol. The smallest absolute Gasteiger partial charge is 0.119 e. The fraction of sp³-hybridized carbons (Fsp3) is 0.760. The number of benzene rings is 2. The highest BCUT2D eigenvalue weighted by atomic mass is 33.1. The first-order valence-corrected chi connectivity index (χ1v) is 25.1. The maximum atomic E-state index is 11.1. The van der Waals surface area contributed by atoms with Crippen LogP contribution < -0.4 is 0 Å². The van der Waals surface area contributed by atoms with Crippen molar-refractivity contribution in [1.82, 2.24) is 0 Å². The lowest BCUT2D eigenvalue weighted by Gasteiger charge is -2.24. The third kappa shape index (κ3) is 20.8. The van der Waals surface area contributed by atoms with E-state index in [2.05, 4.69) is 79.7 Å². The van der Waals surface area contributed by atoms with Gasteiger partial charge in [-0.1, -0.05) is 231 Å². The zero-order valence-corrected chi connectivity index (χ0v) is 38.5. The van der Waals surface area contributed by atoms with Gasteiger partial charge in [0.2, 0.25) is 0 Å². The minimum Gasteiger partial charge on any atom is -0.508 e. The minimum atomic E-state index is -0.130. The molecule has 0 aliphatic heterocycles. The summed E-state index contributed by atoms with van der Waals surface area (Å²) in [5, 5.41) is 22.3. The number of hydrogen-bond donors (Lipinski definition) is 2. The normalized spacial score (nSPS) is 12.2. The van der Waals surface area contributed by atoms with Crippen molar-refractivity contribution >= 4 is 21.6 Å². The molecule has 0 fully saturated rings. The molecule has 0 spiro atoms. The van der Waals surface area contributed by atoms with Crippen LogP contribution in [0.4, 0.5) is 0 Å². The summed E-state index contributed by atoms with van der Waals surface area (Å²) in [7, 11) is 3.70. The SMILES string of the molecule is CCCCCCCCCCCCCCCc1cc(O)c(C(C)(C)C)cc1SSc1cc(C(C)(C)C)c(O)cc1CCCCCCCCCCCCCCC. The van der Waals surface area contributed by atoms with Gasteiger partial charge in [0.15, 0.2) is 0 Å². The van der Waals surface area contributed by atoms with E-state index in [0.717, 1.165) is 24.0 Å². The average molecular weight is 783 g/mol. The fourth-order valence-corrected chi connectivity index (χ4v) is 10.2. The summed E-state index contributed by atoms with van der Waals surface area (Å²) in [5.74, 6) is 0.869. The van der Waals surface area contributed by atoms with Gasteiger partial charge in [0.25, 0.3) is 0 Å². The number of rotatable bonds is 31. The maximum absolute atomic E-state index is 11.1. The molecule has 0 saturated heterocycles. The van der Waals surface area contributed by atoms with Crippen LogP contribution in [0, 0.1) is 0 Å². The van der Waals surface area contributed by atoms with Crippen LogP contribution >= 0.6 is 21.6 Å². The Labute approximate surface area is 344 Å². The van der Waals surface area contributed by atoms with Gasteiger partial charge in [-0.2, -0.15) is 0 Å². The van der Waals surface area contributed by atoms with Crippen LogP contribution in [0.1, 0.15) is 245 Å². The first-order valence-electron chi connectivity index (χ1n) is 23.0. The highest BCUT2D eigenvalue weighted by Gasteiger charge is 2.23. The van der Waals surface area contributed by atoms with Gasteiger partial charge in [-0.05, 0) is 71.9 Å². The predicted molar refractivity (Wildman–Crippen MR) is 244 cm³/mol. The van der Waals surface area contributed by atoms with E-state index in [-0.39, 0.29) is 10.8 Å². The van der Waals surface area contributed by atoms with E-state index in [1.54, 1.807) is 0 Å². The number of aromatic hydroxyl groups is 2. The summed E-state index contributed by atoms with van der Waals surface area (Å²) in [5.41, 5.74) is 4.33. The van der Waals surface area contributed by atoms with Gasteiger partial charge in [-0.3, -0.25) is 0 Å². The van der Waals surface area contributed by atoms with Crippen LogP contribution in [0.3, 0.4) is 0 Å². The summed E-state index contributed by atoms with van der Waals surface area (Å²) >= 11 is 0. The van der Waals surface area contributed by atoms with Crippen molar-refractivity contribution in [2.24, 2.45) is 0 Å². The van der Waals surface area contributed by atoms with Gasteiger partial charge in [0, 0.05) is 20.9 Å². The summed E-state index contributed by atoms with van der Waals surface area (Å²) in [6.07, 6.45) is 37.3. The fourth-order valence-electron chi connectivity index (χ4n) is 7.73. The van der Waals surface area contributed by atoms with Crippen molar-refractivity contribution in [1.29, 1.82) is 0 Å². The Hall–Kier alpha value is -1.26. The van der Waals surface area contributed by atoms with Crippen LogP contribution in [-0.4, -0.2) is 10.2 Å².